The third-order valence-corrected chi connectivity index (χ3v) is 6.86. The second kappa shape index (κ2) is 7.84. The first-order valence-electron chi connectivity index (χ1n) is 9.03. The second-order valence-corrected chi connectivity index (χ2v) is 8.58. The van der Waals surface area contributed by atoms with Crippen LogP contribution in [0.3, 0.4) is 0 Å². The molecule has 3 aromatic rings. The molecular weight excluding hydrogens is 394 g/mol. The van der Waals surface area contributed by atoms with Crippen LogP contribution in [0.4, 0.5) is 0 Å². The zero-order chi connectivity index (χ0) is 21.3. The molecule has 0 saturated heterocycles. The molecule has 0 fully saturated rings. The van der Waals surface area contributed by atoms with Crippen LogP contribution in [0.25, 0.3) is 11.0 Å². The maximum absolute atomic E-state index is 13.2. The number of fused-ring (bicyclic) bond motifs is 1. The highest BCUT2D eigenvalue weighted by molar-refractivity contribution is 7.89. The number of hydrogen-bond donors (Lipinski definition) is 0. The molecule has 29 heavy (non-hydrogen) atoms. The lowest BCUT2D eigenvalue weighted by Crippen LogP contribution is -2.35. The normalized spacial score (nSPS) is 11.9. The molecule has 0 N–H and O–H groups in total. The molecule has 0 bridgehead atoms. The Morgan fingerprint density at radius 2 is 1.76 bits per heavy atom. The van der Waals surface area contributed by atoms with E-state index in [0.717, 1.165) is 4.31 Å². The SMILES string of the molecule is CCN(CC(=O)c1cccc(OC)c1)S(=O)(=O)c1ccc2c(c1)n(C)c(=O)n2C. The summed E-state index contributed by atoms with van der Waals surface area (Å²) in [6.45, 7) is 1.51. The summed E-state index contributed by atoms with van der Waals surface area (Å²) in [5.74, 6) is 0.194. The molecule has 1 heterocycles. The van der Waals surface area contributed by atoms with Gasteiger partial charge in [0.15, 0.2) is 5.78 Å². The van der Waals surface area contributed by atoms with E-state index < -0.39 is 10.0 Å². The largest absolute Gasteiger partial charge is 0.497 e. The van der Waals surface area contributed by atoms with Gasteiger partial charge in [-0.2, -0.15) is 4.31 Å². The van der Waals surface area contributed by atoms with Crippen LogP contribution in [0.5, 0.6) is 5.75 Å². The second-order valence-electron chi connectivity index (χ2n) is 6.64. The van der Waals surface area contributed by atoms with E-state index in [2.05, 4.69) is 0 Å². The fourth-order valence-corrected chi connectivity index (χ4v) is 4.64. The molecule has 0 spiro atoms. The van der Waals surface area contributed by atoms with Crippen LogP contribution >= 0.6 is 0 Å². The van der Waals surface area contributed by atoms with Gasteiger partial charge in [-0.05, 0) is 30.3 Å². The summed E-state index contributed by atoms with van der Waals surface area (Å²) < 4.78 is 35.4. The number of likely N-dealkylation sites (N-methyl/N-ethyl adjacent to an activating group) is 1. The number of methoxy groups -OCH3 is 1. The molecule has 8 nitrogen and oxygen atoms in total. The number of sulfonamides is 1. The lowest BCUT2D eigenvalue weighted by Gasteiger charge is -2.20. The Morgan fingerprint density at radius 1 is 1.07 bits per heavy atom. The topological polar surface area (TPSA) is 90.6 Å². The number of imidazole rings is 1. The Hall–Kier alpha value is -2.91. The first kappa shape index (κ1) is 20.8. The summed E-state index contributed by atoms with van der Waals surface area (Å²) in [7, 11) is 0.792. The van der Waals surface area contributed by atoms with Crippen LogP contribution in [0.1, 0.15) is 17.3 Å². The van der Waals surface area contributed by atoms with Crippen molar-refractivity contribution in [1.82, 2.24) is 13.4 Å². The van der Waals surface area contributed by atoms with E-state index in [0.29, 0.717) is 22.3 Å². The molecule has 3 rings (SSSR count). The van der Waals surface area contributed by atoms with Gasteiger partial charge in [-0.25, -0.2) is 13.2 Å². The molecule has 1 aromatic heterocycles. The average Bonchev–Trinajstić information content (AvgIpc) is 2.95. The summed E-state index contributed by atoms with van der Waals surface area (Å²) in [4.78, 5) is 24.8. The highest BCUT2D eigenvalue weighted by atomic mass is 32.2. The van der Waals surface area contributed by atoms with Crippen LogP contribution in [0, 0.1) is 0 Å². The van der Waals surface area contributed by atoms with Gasteiger partial charge in [0.25, 0.3) is 0 Å². The van der Waals surface area contributed by atoms with Crippen molar-refractivity contribution in [3.63, 3.8) is 0 Å². The Labute approximate surface area is 169 Å². The van der Waals surface area contributed by atoms with E-state index >= 15 is 0 Å². The number of ketones is 1. The molecule has 0 atom stereocenters. The van der Waals surface area contributed by atoms with Gasteiger partial charge in [0, 0.05) is 26.2 Å². The number of aromatic nitrogens is 2. The lowest BCUT2D eigenvalue weighted by atomic mass is 10.1. The molecule has 154 valence electrons. The van der Waals surface area contributed by atoms with Gasteiger partial charge in [0.2, 0.25) is 10.0 Å². The molecule has 0 radical (unpaired) electrons. The van der Waals surface area contributed by atoms with Crippen molar-refractivity contribution in [3.8, 4) is 5.75 Å². The predicted molar refractivity (Wildman–Crippen MR) is 110 cm³/mol. The zero-order valence-corrected chi connectivity index (χ0v) is 17.6. The van der Waals surface area contributed by atoms with Gasteiger partial charge in [-0.1, -0.05) is 19.1 Å². The number of Topliss-reactive ketones (excluding diaryl/α,β-unsaturated/α-hetero) is 1. The van der Waals surface area contributed by atoms with Crippen molar-refractivity contribution in [2.24, 2.45) is 14.1 Å². The summed E-state index contributed by atoms with van der Waals surface area (Å²) in [5, 5.41) is 0. The van der Waals surface area contributed by atoms with Gasteiger partial charge in [-0.15, -0.1) is 0 Å². The first-order valence-corrected chi connectivity index (χ1v) is 10.5. The Morgan fingerprint density at radius 3 is 2.41 bits per heavy atom. The van der Waals surface area contributed by atoms with Crippen molar-refractivity contribution in [1.29, 1.82) is 0 Å². The molecule has 0 aliphatic rings. The molecular formula is C20H23N3O5S. The average molecular weight is 417 g/mol. The number of rotatable bonds is 7. The number of hydrogen-bond acceptors (Lipinski definition) is 5. The van der Waals surface area contributed by atoms with E-state index in [1.807, 2.05) is 0 Å². The van der Waals surface area contributed by atoms with Crippen molar-refractivity contribution >= 4 is 26.8 Å². The number of nitrogens with zero attached hydrogens (tertiary/aromatic N) is 3. The van der Waals surface area contributed by atoms with Crippen LogP contribution in [0.2, 0.25) is 0 Å². The minimum absolute atomic E-state index is 0.0338. The van der Waals surface area contributed by atoms with Gasteiger partial charge < -0.3 is 4.74 Å². The molecule has 0 unspecified atom stereocenters. The van der Waals surface area contributed by atoms with Crippen molar-refractivity contribution in [3.05, 3.63) is 58.5 Å². The molecule has 0 saturated carbocycles. The number of benzene rings is 2. The van der Waals surface area contributed by atoms with Crippen LogP contribution in [0.15, 0.2) is 52.2 Å². The number of ether oxygens (including phenoxy) is 1. The van der Waals surface area contributed by atoms with E-state index in [1.165, 1.54) is 28.4 Å². The fourth-order valence-electron chi connectivity index (χ4n) is 3.21. The van der Waals surface area contributed by atoms with Gasteiger partial charge in [0.05, 0.1) is 29.6 Å². The molecule has 0 aliphatic carbocycles. The quantitative estimate of drug-likeness (QED) is 0.547. The fraction of sp³-hybridized carbons (Fsp3) is 0.300. The Balaban J connectivity index is 1.96. The Bertz CT molecular complexity index is 1240. The molecule has 0 aliphatic heterocycles. The number of aryl methyl sites for hydroxylation is 2. The van der Waals surface area contributed by atoms with Crippen LogP contribution in [-0.2, 0) is 24.1 Å². The predicted octanol–water partition coefficient (Wildman–Crippen LogP) is 1.78. The minimum Gasteiger partial charge on any atom is -0.497 e. The standard InChI is InChI=1S/C20H23N3O5S/c1-5-23(13-19(24)14-7-6-8-15(11-14)28-4)29(26,27)16-9-10-17-18(12-16)22(3)20(25)21(17)2/h6-12H,5,13H2,1-4H3. The maximum Gasteiger partial charge on any atom is 0.328 e. The smallest absolute Gasteiger partial charge is 0.328 e. The first-order chi connectivity index (χ1) is 13.7. The van der Waals surface area contributed by atoms with E-state index in [1.54, 1.807) is 51.4 Å². The molecule has 2 aromatic carbocycles. The van der Waals surface area contributed by atoms with Gasteiger partial charge in [0.1, 0.15) is 5.75 Å². The van der Waals surface area contributed by atoms with Crippen molar-refractivity contribution in [2.75, 3.05) is 20.2 Å². The number of carbonyl (C=O) groups excluding carboxylic acids is 1. The monoisotopic (exact) mass is 417 g/mol. The molecule has 9 heteroatoms. The van der Waals surface area contributed by atoms with Crippen molar-refractivity contribution < 1.29 is 17.9 Å². The molecule has 0 amide bonds. The van der Waals surface area contributed by atoms with Crippen molar-refractivity contribution in [2.45, 2.75) is 11.8 Å². The minimum atomic E-state index is -3.93. The van der Waals surface area contributed by atoms with E-state index in [-0.39, 0.29) is 29.5 Å². The van der Waals surface area contributed by atoms with Crippen LogP contribution < -0.4 is 10.4 Å². The summed E-state index contributed by atoms with van der Waals surface area (Å²) in [6.07, 6.45) is 0. The zero-order valence-electron chi connectivity index (χ0n) is 16.7. The lowest BCUT2D eigenvalue weighted by molar-refractivity contribution is 0.0967. The summed E-state index contributed by atoms with van der Waals surface area (Å²) in [5.41, 5.74) is 1.27. The summed E-state index contributed by atoms with van der Waals surface area (Å²) in [6, 6.07) is 11.1. The summed E-state index contributed by atoms with van der Waals surface area (Å²) >= 11 is 0. The maximum atomic E-state index is 13.2. The van der Waals surface area contributed by atoms with E-state index in [9.17, 15) is 18.0 Å². The number of carbonyl (C=O) groups is 1. The highest BCUT2D eigenvalue weighted by Gasteiger charge is 2.26. The highest BCUT2D eigenvalue weighted by Crippen LogP contribution is 2.22. The van der Waals surface area contributed by atoms with Gasteiger partial charge in [-0.3, -0.25) is 13.9 Å². The third kappa shape index (κ3) is 3.70. The van der Waals surface area contributed by atoms with Gasteiger partial charge >= 0.3 is 5.69 Å². The Kier molecular flexibility index (Phi) is 5.63. The third-order valence-electron chi connectivity index (χ3n) is 4.95. The van der Waals surface area contributed by atoms with E-state index in [4.69, 9.17) is 4.74 Å². The van der Waals surface area contributed by atoms with Crippen LogP contribution in [-0.4, -0.2) is 47.8 Å².